The van der Waals surface area contributed by atoms with E-state index in [0.29, 0.717) is 0 Å². The van der Waals surface area contributed by atoms with Crippen molar-refractivity contribution in [3.63, 3.8) is 0 Å². The molecule has 168 valence electrons. The minimum Gasteiger partial charge on any atom is -0.406 e. The summed E-state index contributed by atoms with van der Waals surface area (Å²) in [5.41, 5.74) is -0.0181. The second-order valence-electron chi connectivity index (χ2n) is 6.88. The number of nitrogens with zero attached hydrogens (tertiary/aromatic N) is 3. The van der Waals surface area contributed by atoms with Gasteiger partial charge in [0.05, 0.1) is 16.7 Å². The first-order valence-corrected chi connectivity index (χ1v) is 9.23. The number of rotatable bonds is 7. The van der Waals surface area contributed by atoms with Gasteiger partial charge < -0.3 is 15.4 Å². The van der Waals surface area contributed by atoms with Gasteiger partial charge in [0.1, 0.15) is 23.1 Å². The molecular weight excluding hydrogens is 434 g/mol. The first-order chi connectivity index (χ1) is 15.0. The van der Waals surface area contributed by atoms with Gasteiger partial charge in [-0.2, -0.15) is 4.98 Å². The summed E-state index contributed by atoms with van der Waals surface area (Å²) in [4.78, 5) is 19.1. The van der Waals surface area contributed by atoms with Gasteiger partial charge in [-0.25, -0.2) is 9.37 Å². The number of nitrogens with one attached hydrogen (secondary N) is 2. The maximum Gasteiger partial charge on any atom is 0.573 e. The largest absolute Gasteiger partial charge is 0.573 e. The second-order valence-corrected chi connectivity index (χ2v) is 6.88. The molecule has 12 heteroatoms. The smallest absolute Gasteiger partial charge is 0.406 e. The van der Waals surface area contributed by atoms with Crippen LogP contribution in [0.1, 0.15) is 13.8 Å². The van der Waals surface area contributed by atoms with Crippen LogP contribution in [0, 0.1) is 15.9 Å². The van der Waals surface area contributed by atoms with Crippen LogP contribution in [0.4, 0.5) is 40.7 Å². The fraction of sp³-hybridized carbons (Fsp3) is 0.200. The molecule has 2 aromatic carbocycles. The summed E-state index contributed by atoms with van der Waals surface area (Å²) in [7, 11) is 0. The summed E-state index contributed by atoms with van der Waals surface area (Å²) in [5.74, 6) is -0.980. The zero-order valence-electron chi connectivity index (χ0n) is 16.8. The summed E-state index contributed by atoms with van der Waals surface area (Å²) in [5, 5.41) is 17.0. The number of ether oxygens (including phenoxy) is 1. The Bertz CT molecular complexity index is 1140. The lowest BCUT2D eigenvalue weighted by Gasteiger charge is -2.14. The van der Waals surface area contributed by atoms with Crippen molar-refractivity contribution in [2.45, 2.75) is 26.3 Å². The highest BCUT2D eigenvalue weighted by Gasteiger charge is 2.31. The van der Waals surface area contributed by atoms with Crippen molar-refractivity contribution in [2.75, 3.05) is 10.6 Å². The van der Waals surface area contributed by atoms with Crippen molar-refractivity contribution in [1.29, 1.82) is 0 Å². The first kappa shape index (κ1) is 22.7. The van der Waals surface area contributed by atoms with Gasteiger partial charge in [-0.1, -0.05) is 12.1 Å². The van der Waals surface area contributed by atoms with Gasteiger partial charge in [-0.15, -0.1) is 13.2 Å². The van der Waals surface area contributed by atoms with E-state index in [-0.39, 0.29) is 34.8 Å². The molecule has 3 aromatic rings. The molecule has 0 saturated carbocycles. The number of hydrogen-bond acceptors (Lipinski definition) is 7. The molecule has 0 saturated heterocycles. The Hall–Kier alpha value is -3.96. The van der Waals surface area contributed by atoms with Crippen LogP contribution in [0.5, 0.6) is 5.75 Å². The molecule has 0 aliphatic carbocycles. The van der Waals surface area contributed by atoms with Crippen molar-refractivity contribution in [1.82, 2.24) is 9.97 Å². The van der Waals surface area contributed by atoms with Crippen LogP contribution in [0.25, 0.3) is 11.3 Å². The maximum atomic E-state index is 13.4. The van der Waals surface area contributed by atoms with E-state index >= 15 is 0 Å². The van der Waals surface area contributed by atoms with Crippen LogP contribution in [0.2, 0.25) is 0 Å². The van der Waals surface area contributed by atoms with Gasteiger partial charge in [0.15, 0.2) is 0 Å². The van der Waals surface area contributed by atoms with Gasteiger partial charge in [0, 0.05) is 17.7 Å². The standard InChI is InChI=1S/C20H17F4N5O3/c1-11(2)25-19-27-16(12-4-3-5-14(8-12)32-20(22,23)24)10-18(28-19)26-15-7-6-13(21)9-17(15)29(30)31/h3-11H,1-2H3,(H2,25,26,27,28). The Kier molecular flexibility index (Phi) is 6.42. The maximum absolute atomic E-state index is 13.4. The minimum atomic E-state index is -4.86. The average molecular weight is 451 g/mol. The number of nitro groups is 1. The normalized spacial score (nSPS) is 11.3. The van der Waals surface area contributed by atoms with Crippen LogP contribution in [0.15, 0.2) is 48.5 Å². The Morgan fingerprint density at radius 1 is 1.09 bits per heavy atom. The Labute approximate surface area is 179 Å². The predicted molar refractivity (Wildman–Crippen MR) is 109 cm³/mol. The van der Waals surface area contributed by atoms with Crippen LogP contribution >= 0.6 is 0 Å². The molecule has 0 unspecified atom stereocenters. The molecule has 0 amide bonds. The monoisotopic (exact) mass is 451 g/mol. The number of halogens is 4. The Morgan fingerprint density at radius 2 is 1.84 bits per heavy atom. The summed E-state index contributed by atoms with van der Waals surface area (Å²) in [6.07, 6.45) is -4.86. The van der Waals surface area contributed by atoms with E-state index in [1.807, 2.05) is 13.8 Å². The predicted octanol–water partition coefficient (Wildman–Crippen LogP) is 5.65. The summed E-state index contributed by atoms with van der Waals surface area (Å²) in [6, 6.07) is 9.48. The lowest BCUT2D eigenvalue weighted by atomic mass is 10.1. The lowest BCUT2D eigenvalue weighted by Crippen LogP contribution is -2.17. The number of benzene rings is 2. The Morgan fingerprint density at radius 3 is 2.50 bits per heavy atom. The molecule has 0 radical (unpaired) electrons. The SMILES string of the molecule is CC(C)Nc1nc(Nc2ccc(F)cc2[N+](=O)[O-])cc(-c2cccc(OC(F)(F)F)c2)n1. The van der Waals surface area contributed by atoms with Crippen molar-refractivity contribution >= 4 is 23.1 Å². The number of nitro benzene ring substituents is 1. The third kappa shape index (κ3) is 6.03. The van der Waals surface area contributed by atoms with E-state index in [1.165, 1.54) is 24.3 Å². The fourth-order valence-electron chi connectivity index (χ4n) is 2.73. The van der Waals surface area contributed by atoms with Crippen LogP contribution < -0.4 is 15.4 Å². The van der Waals surface area contributed by atoms with E-state index in [2.05, 4.69) is 25.3 Å². The quantitative estimate of drug-likeness (QED) is 0.272. The highest BCUT2D eigenvalue weighted by molar-refractivity contribution is 5.72. The zero-order valence-corrected chi connectivity index (χ0v) is 16.8. The molecule has 0 spiro atoms. The number of alkyl halides is 3. The van der Waals surface area contributed by atoms with Gasteiger partial charge in [-0.05, 0) is 38.1 Å². The molecule has 3 rings (SSSR count). The summed E-state index contributed by atoms with van der Waals surface area (Å²) < 4.78 is 55.1. The first-order valence-electron chi connectivity index (χ1n) is 9.23. The van der Waals surface area contributed by atoms with Crippen LogP contribution in [0.3, 0.4) is 0 Å². The van der Waals surface area contributed by atoms with E-state index < -0.39 is 28.5 Å². The van der Waals surface area contributed by atoms with Crippen molar-refractivity contribution in [3.05, 3.63) is 64.5 Å². The van der Waals surface area contributed by atoms with Crippen molar-refractivity contribution in [2.24, 2.45) is 0 Å². The molecule has 32 heavy (non-hydrogen) atoms. The third-order valence-electron chi connectivity index (χ3n) is 3.93. The molecule has 1 heterocycles. The van der Waals surface area contributed by atoms with E-state index in [1.54, 1.807) is 0 Å². The highest BCUT2D eigenvalue weighted by atomic mass is 19.4. The number of aromatic nitrogens is 2. The van der Waals surface area contributed by atoms with E-state index in [9.17, 15) is 27.7 Å². The van der Waals surface area contributed by atoms with Crippen molar-refractivity contribution < 1.29 is 27.2 Å². The number of anilines is 3. The molecule has 0 atom stereocenters. The van der Waals surface area contributed by atoms with E-state index in [0.717, 1.165) is 24.3 Å². The summed E-state index contributed by atoms with van der Waals surface area (Å²) in [6.45, 7) is 3.65. The molecular formula is C20H17F4N5O3. The van der Waals surface area contributed by atoms with Crippen LogP contribution in [-0.2, 0) is 0 Å². The molecule has 0 fully saturated rings. The van der Waals surface area contributed by atoms with Crippen LogP contribution in [-0.4, -0.2) is 27.3 Å². The van der Waals surface area contributed by atoms with Gasteiger partial charge in [-0.3, -0.25) is 10.1 Å². The molecule has 1 aromatic heterocycles. The molecule has 2 N–H and O–H groups in total. The zero-order chi connectivity index (χ0) is 23.5. The topological polar surface area (TPSA) is 102 Å². The lowest BCUT2D eigenvalue weighted by molar-refractivity contribution is -0.384. The van der Waals surface area contributed by atoms with Gasteiger partial charge >= 0.3 is 6.36 Å². The molecule has 0 bridgehead atoms. The fourth-order valence-corrected chi connectivity index (χ4v) is 2.73. The highest BCUT2D eigenvalue weighted by Crippen LogP contribution is 2.31. The molecule has 8 nitrogen and oxygen atoms in total. The molecule has 0 aliphatic rings. The van der Waals surface area contributed by atoms with Gasteiger partial charge in [0.25, 0.3) is 5.69 Å². The number of hydrogen-bond donors (Lipinski definition) is 2. The average Bonchev–Trinajstić information content (AvgIpc) is 2.67. The Balaban J connectivity index is 2.04. The summed E-state index contributed by atoms with van der Waals surface area (Å²) >= 11 is 0. The molecule has 0 aliphatic heterocycles. The van der Waals surface area contributed by atoms with Crippen molar-refractivity contribution in [3.8, 4) is 17.0 Å². The minimum absolute atomic E-state index is 0.0225. The third-order valence-corrected chi connectivity index (χ3v) is 3.93. The van der Waals surface area contributed by atoms with Gasteiger partial charge in [0.2, 0.25) is 5.95 Å². The van der Waals surface area contributed by atoms with E-state index in [4.69, 9.17) is 0 Å². The second kappa shape index (κ2) is 9.04.